The summed E-state index contributed by atoms with van der Waals surface area (Å²) in [6, 6.07) is 19.4. The van der Waals surface area contributed by atoms with Crippen LogP contribution in [-0.4, -0.2) is 4.98 Å². The monoisotopic (exact) mass is 317 g/mol. The number of unbranched alkanes of at least 4 members (excludes halogenated alkanes) is 5. The lowest BCUT2D eigenvalue weighted by Gasteiger charge is -2.11. The zero-order valence-corrected chi connectivity index (χ0v) is 14.7. The lowest BCUT2D eigenvalue weighted by molar-refractivity contribution is 0.608. The van der Waals surface area contributed by atoms with Gasteiger partial charge in [-0.05, 0) is 29.9 Å². The molecule has 2 aromatic carbocycles. The van der Waals surface area contributed by atoms with Crippen molar-refractivity contribution in [3.05, 3.63) is 66.4 Å². The zero-order valence-electron chi connectivity index (χ0n) is 14.7. The lowest BCUT2D eigenvalue weighted by Crippen LogP contribution is -1.93. The van der Waals surface area contributed by atoms with Crippen LogP contribution in [0.1, 0.15) is 51.0 Å². The van der Waals surface area contributed by atoms with Crippen molar-refractivity contribution in [1.82, 2.24) is 4.98 Å². The molecule has 1 heterocycles. The zero-order chi connectivity index (χ0) is 16.6. The number of hydrogen-bond acceptors (Lipinski definition) is 1. The molecular formula is C23H27N. The summed E-state index contributed by atoms with van der Waals surface area (Å²) < 4.78 is 0. The van der Waals surface area contributed by atoms with Gasteiger partial charge < -0.3 is 0 Å². The summed E-state index contributed by atoms with van der Waals surface area (Å²) in [5.74, 6) is 0. The molecule has 24 heavy (non-hydrogen) atoms. The molecule has 0 unspecified atom stereocenters. The van der Waals surface area contributed by atoms with E-state index in [4.69, 9.17) is 4.98 Å². The Bertz CT molecular complexity index is 770. The van der Waals surface area contributed by atoms with Crippen LogP contribution in [0.25, 0.3) is 22.0 Å². The molecule has 0 atom stereocenters. The fourth-order valence-corrected chi connectivity index (χ4v) is 3.40. The Hall–Kier alpha value is -2.15. The molecule has 0 aliphatic carbocycles. The highest BCUT2D eigenvalue weighted by Gasteiger charge is 2.09. The van der Waals surface area contributed by atoms with Gasteiger partial charge in [0.1, 0.15) is 0 Å². The molecule has 0 N–H and O–H groups in total. The molecule has 0 saturated carbocycles. The summed E-state index contributed by atoms with van der Waals surface area (Å²) in [5, 5.41) is 2.51. The topological polar surface area (TPSA) is 12.9 Å². The predicted octanol–water partition coefficient (Wildman–Crippen LogP) is 6.80. The maximum absolute atomic E-state index is 4.71. The van der Waals surface area contributed by atoms with Gasteiger partial charge in [0.2, 0.25) is 0 Å². The summed E-state index contributed by atoms with van der Waals surface area (Å²) in [4.78, 5) is 4.71. The standard InChI is InChI=1S/C23H27N/c1-2-3-4-5-6-7-12-19-13-8-10-15-21(19)23-22-16-11-9-14-20(22)17-18-24-23/h8-11,13-18H,2-7,12H2,1H3. The summed E-state index contributed by atoms with van der Waals surface area (Å²) in [5.41, 5.74) is 3.84. The van der Waals surface area contributed by atoms with E-state index in [1.54, 1.807) is 0 Å². The molecular weight excluding hydrogens is 290 g/mol. The van der Waals surface area contributed by atoms with Crippen molar-refractivity contribution in [2.45, 2.75) is 51.9 Å². The van der Waals surface area contributed by atoms with Crippen LogP contribution >= 0.6 is 0 Å². The second kappa shape index (κ2) is 8.63. The largest absolute Gasteiger partial charge is 0.256 e. The Labute approximate surface area is 145 Å². The third-order valence-corrected chi connectivity index (χ3v) is 4.75. The van der Waals surface area contributed by atoms with Gasteiger partial charge in [-0.15, -0.1) is 0 Å². The van der Waals surface area contributed by atoms with E-state index in [9.17, 15) is 0 Å². The molecule has 0 amide bonds. The third kappa shape index (κ3) is 4.03. The van der Waals surface area contributed by atoms with E-state index < -0.39 is 0 Å². The predicted molar refractivity (Wildman–Crippen MR) is 104 cm³/mol. The number of hydrogen-bond donors (Lipinski definition) is 0. The van der Waals surface area contributed by atoms with Gasteiger partial charge in [0.25, 0.3) is 0 Å². The molecule has 0 spiro atoms. The smallest absolute Gasteiger partial charge is 0.0783 e. The minimum atomic E-state index is 1.12. The van der Waals surface area contributed by atoms with Gasteiger partial charge in [-0.1, -0.05) is 87.6 Å². The SMILES string of the molecule is CCCCCCCCc1ccccc1-c1nccc2ccccc12. The summed E-state index contributed by atoms with van der Waals surface area (Å²) >= 11 is 0. The van der Waals surface area contributed by atoms with Gasteiger partial charge in [-0.3, -0.25) is 4.98 Å². The molecule has 3 aromatic rings. The normalized spacial score (nSPS) is 11.0. The van der Waals surface area contributed by atoms with Crippen molar-refractivity contribution in [2.24, 2.45) is 0 Å². The van der Waals surface area contributed by atoms with Crippen LogP contribution in [0.4, 0.5) is 0 Å². The third-order valence-electron chi connectivity index (χ3n) is 4.75. The fraction of sp³-hybridized carbons (Fsp3) is 0.348. The number of aryl methyl sites for hydroxylation is 1. The van der Waals surface area contributed by atoms with E-state index in [1.807, 2.05) is 6.20 Å². The van der Waals surface area contributed by atoms with Crippen LogP contribution in [0.3, 0.4) is 0 Å². The maximum atomic E-state index is 4.71. The fourth-order valence-electron chi connectivity index (χ4n) is 3.40. The number of pyridine rings is 1. The van der Waals surface area contributed by atoms with Crippen LogP contribution in [0.5, 0.6) is 0 Å². The van der Waals surface area contributed by atoms with Gasteiger partial charge in [0.15, 0.2) is 0 Å². The van der Waals surface area contributed by atoms with Crippen LogP contribution < -0.4 is 0 Å². The van der Waals surface area contributed by atoms with Crippen LogP contribution in [0.15, 0.2) is 60.8 Å². The molecule has 1 aromatic heterocycles. The van der Waals surface area contributed by atoms with E-state index in [1.165, 1.54) is 60.4 Å². The summed E-state index contributed by atoms with van der Waals surface area (Å²) in [6.45, 7) is 2.27. The first kappa shape index (κ1) is 16.7. The van der Waals surface area contributed by atoms with Crippen molar-refractivity contribution in [3.63, 3.8) is 0 Å². The van der Waals surface area contributed by atoms with Crippen LogP contribution in [-0.2, 0) is 6.42 Å². The van der Waals surface area contributed by atoms with Crippen molar-refractivity contribution in [2.75, 3.05) is 0 Å². The highest BCUT2D eigenvalue weighted by molar-refractivity contribution is 5.95. The number of nitrogens with zero attached hydrogens (tertiary/aromatic N) is 1. The highest BCUT2D eigenvalue weighted by Crippen LogP contribution is 2.29. The number of rotatable bonds is 8. The average Bonchev–Trinajstić information content (AvgIpc) is 2.64. The number of aromatic nitrogens is 1. The molecule has 1 heteroatoms. The van der Waals surface area contributed by atoms with E-state index in [0.29, 0.717) is 0 Å². The van der Waals surface area contributed by atoms with E-state index >= 15 is 0 Å². The Morgan fingerprint density at radius 3 is 2.42 bits per heavy atom. The van der Waals surface area contributed by atoms with Crippen LogP contribution in [0.2, 0.25) is 0 Å². The lowest BCUT2D eigenvalue weighted by atomic mass is 9.96. The first-order valence-electron chi connectivity index (χ1n) is 9.32. The van der Waals surface area contributed by atoms with Gasteiger partial charge in [0.05, 0.1) is 5.69 Å². The first-order valence-corrected chi connectivity index (χ1v) is 9.32. The second-order valence-electron chi connectivity index (χ2n) is 6.56. The van der Waals surface area contributed by atoms with Gasteiger partial charge in [-0.25, -0.2) is 0 Å². The summed E-state index contributed by atoms with van der Waals surface area (Å²) in [7, 11) is 0. The molecule has 0 saturated heterocycles. The van der Waals surface area contributed by atoms with Crippen LogP contribution in [0, 0.1) is 0 Å². The van der Waals surface area contributed by atoms with Crippen molar-refractivity contribution < 1.29 is 0 Å². The molecule has 0 fully saturated rings. The quantitative estimate of drug-likeness (QED) is 0.416. The Kier molecular flexibility index (Phi) is 6.01. The Morgan fingerprint density at radius 1 is 0.750 bits per heavy atom. The highest BCUT2D eigenvalue weighted by atomic mass is 14.7. The Morgan fingerprint density at radius 2 is 1.50 bits per heavy atom. The average molecular weight is 317 g/mol. The maximum Gasteiger partial charge on any atom is 0.0783 e. The van der Waals surface area contributed by atoms with E-state index in [0.717, 1.165) is 12.1 Å². The second-order valence-corrected chi connectivity index (χ2v) is 6.56. The number of benzene rings is 2. The first-order chi connectivity index (χ1) is 11.9. The van der Waals surface area contributed by atoms with Gasteiger partial charge in [0, 0.05) is 17.1 Å². The molecule has 0 radical (unpaired) electrons. The van der Waals surface area contributed by atoms with Gasteiger partial charge in [-0.2, -0.15) is 0 Å². The minimum Gasteiger partial charge on any atom is -0.256 e. The molecule has 1 nitrogen and oxygen atoms in total. The van der Waals surface area contributed by atoms with Crippen molar-refractivity contribution >= 4 is 10.8 Å². The van der Waals surface area contributed by atoms with Crippen molar-refractivity contribution in [3.8, 4) is 11.3 Å². The van der Waals surface area contributed by atoms with Crippen molar-refractivity contribution in [1.29, 1.82) is 0 Å². The van der Waals surface area contributed by atoms with E-state index in [-0.39, 0.29) is 0 Å². The number of fused-ring (bicyclic) bond motifs is 1. The van der Waals surface area contributed by atoms with Gasteiger partial charge >= 0.3 is 0 Å². The minimum absolute atomic E-state index is 1.12. The van der Waals surface area contributed by atoms with E-state index in [2.05, 4.69) is 61.5 Å². The molecule has 0 bridgehead atoms. The summed E-state index contributed by atoms with van der Waals surface area (Å²) in [6.07, 6.45) is 11.1. The molecule has 0 aliphatic heterocycles. The molecule has 124 valence electrons. The molecule has 3 rings (SSSR count). The molecule has 0 aliphatic rings. The Balaban J connectivity index is 1.79.